The molecule has 0 radical (unpaired) electrons. The largest absolute Gasteiger partial charge is 0.454 e. The maximum atomic E-state index is 6.68. The zero-order chi connectivity index (χ0) is 98.0. The van der Waals surface area contributed by atoms with Crippen LogP contribution in [-0.4, -0.2) is 51.9 Å². The van der Waals surface area contributed by atoms with Gasteiger partial charge >= 0.3 is 0 Å². The molecule has 0 bridgehead atoms. The van der Waals surface area contributed by atoms with Crippen LogP contribution in [0.2, 0.25) is 0 Å². The Morgan fingerprint density at radius 2 is 0.433 bits per heavy atom. The molecule has 0 saturated carbocycles. The fraction of sp³-hybridized carbons (Fsp3) is 0. The number of hydrogen-bond acceptors (Lipinski definition) is 5. The molecule has 23 aromatic carbocycles. The second-order valence-electron chi connectivity index (χ2n) is 39.4. The Balaban J connectivity index is 0.000000133. The van der Waals surface area contributed by atoms with Crippen molar-refractivity contribution in [3.8, 4) is 85.1 Å². The van der Waals surface area contributed by atoms with Gasteiger partial charge in [0.2, 0.25) is 11.9 Å². The molecule has 0 N–H and O–H groups in total. The number of para-hydroxylation sites is 11. The highest BCUT2D eigenvalue weighted by molar-refractivity contribution is 6.26. The third-order valence-corrected chi connectivity index (χ3v) is 31.4. The van der Waals surface area contributed by atoms with Crippen LogP contribution in [0.4, 0.5) is 0 Å². The average molecular weight is 1910 g/mol. The summed E-state index contributed by atoms with van der Waals surface area (Å²) in [5.41, 5.74) is 33.3. The molecule has 33 aromatic rings. The molecule has 0 spiro atoms. The fourth-order valence-corrected chi connectivity index (χ4v) is 24.8. The summed E-state index contributed by atoms with van der Waals surface area (Å²) < 4.78 is 23.2. The van der Waals surface area contributed by atoms with Gasteiger partial charge in [-0.3, -0.25) is 9.13 Å². The van der Waals surface area contributed by atoms with Gasteiger partial charge < -0.3 is 27.3 Å². The van der Waals surface area contributed by atoms with E-state index in [2.05, 4.69) is 529 Å². The highest BCUT2D eigenvalue weighted by Gasteiger charge is 2.29. The molecule has 0 atom stereocenters. The van der Waals surface area contributed by atoms with E-state index < -0.39 is 0 Å². The van der Waals surface area contributed by atoms with Crippen molar-refractivity contribution in [3.05, 3.63) is 504 Å². The van der Waals surface area contributed by atoms with Crippen LogP contribution >= 0.6 is 0 Å². The third kappa shape index (κ3) is 12.4. The van der Waals surface area contributed by atoms with Gasteiger partial charge in [-0.2, -0.15) is 0 Å². The zero-order valence-corrected chi connectivity index (χ0v) is 80.7. The monoisotopic (exact) mass is 1910 g/mol. The Morgan fingerprint density at radius 1 is 0.147 bits per heavy atom. The van der Waals surface area contributed by atoms with Crippen molar-refractivity contribution in [2.24, 2.45) is 0 Å². The van der Waals surface area contributed by atoms with Crippen LogP contribution in [0.25, 0.3) is 303 Å². The van der Waals surface area contributed by atoms with Gasteiger partial charge in [0.05, 0.1) is 99.7 Å². The van der Waals surface area contributed by atoms with E-state index in [1.807, 2.05) is 6.07 Å². The normalized spacial score (nSPS) is 12.1. The molecule has 33 rings (SSSR count). The first-order valence-corrected chi connectivity index (χ1v) is 51.1. The van der Waals surface area contributed by atoms with Crippen molar-refractivity contribution in [3.63, 3.8) is 0 Å². The van der Waals surface area contributed by atoms with Crippen LogP contribution < -0.4 is 0 Å². The van der Waals surface area contributed by atoms with Gasteiger partial charge in [-0.15, -0.1) is 0 Å². The molecule has 0 aliphatic carbocycles. The van der Waals surface area contributed by atoms with E-state index in [9.17, 15) is 0 Å². The number of hydrogen-bond donors (Lipinski definition) is 0. The highest BCUT2D eigenvalue weighted by atomic mass is 16.3. The Labute approximate surface area is 856 Å². The molecule has 12 heteroatoms. The minimum Gasteiger partial charge on any atom is -0.454 e. The van der Waals surface area contributed by atoms with E-state index in [1.54, 1.807) is 0 Å². The van der Waals surface area contributed by atoms with Gasteiger partial charge in [0, 0.05) is 147 Å². The summed E-state index contributed by atoms with van der Waals surface area (Å²) in [4.78, 5) is 22.4. The van der Waals surface area contributed by atoms with E-state index in [4.69, 9.17) is 24.4 Å². The molecule has 10 heterocycles. The summed E-state index contributed by atoms with van der Waals surface area (Å²) in [6, 6.07) is 182. The molecule has 0 aliphatic heterocycles. The SMILES string of the molecule is c1ccc(-n2c3ccccc3c3cc(-c4ccc5c(c4)c4ccccc4n5-c4nc(-c5ccc(-n6c7ccccc7c7ccc8c9ccccc9oc8c76)cc5)c5ccc6ccccc6c5n4)ccc32)cc1.c1ccc(-n2c3ccccc3c3cc(-c4ccc5c(c4)c4ccccc4n5-c4nc(-c5cccc(-n6c7ccccc7c7ccc8c9ccccc9n(-c9ccccc9)c8c76)c5)c5ccc6ccccc6c5n4)ccc32)cc1. The first-order chi connectivity index (χ1) is 74.4. The van der Waals surface area contributed by atoms with Crippen molar-refractivity contribution in [2.45, 2.75) is 0 Å². The second-order valence-corrected chi connectivity index (χ2v) is 39.4. The van der Waals surface area contributed by atoms with Crippen molar-refractivity contribution in [1.29, 1.82) is 0 Å². The number of fused-ring (bicyclic) bond motifs is 32. The predicted molar refractivity (Wildman–Crippen MR) is 623 cm³/mol. The zero-order valence-electron chi connectivity index (χ0n) is 80.7. The minimum absolute atomic E-state index is 0.624. The maximum Gasteiger partial charge on any atom is 0.235 e. The summed E-state index contributed by atoms with van der Waals surface area (Å²) in [6.45, 7) is 0. The van der Waals surface area contributed by atoms with Crippen LogP contribution in [0.5, 0.6) is 0 Å². The molecule has 0 saturated heterocycles. The topological polar surface area (TPSA) is 99.2 Å². The van der Waals surface area contributed by atoms with Crippen LogP contribution in [0, 0.1) is 0 Å². The van der Waals surface area contributed by atoms with Crippen LogP contribution in [0.3, 0.4) is 0 Å². The molecule has 10 aromatic heterocycles. The Hall–Kier alpha value is -20.3. The lowest BCUT2D eigenvalue weighted by Crippen LogP contribution is -2.04. The molecule has 0 aliphatic rings. The number of nitrogens with zero attached hydrogens (tertiary/aromatic N) is 11. The standard InChI is InChI=1S/C72H44N6.C66H39N5O/c1-3-20-49(21-4-1)75-62-30-13-11-28-55(62)60-43-46(35-40-66(60)75)47-36-41-67-61(44-47)56-29-12-16-33-65(56)78(67)72-73-68(59-37-34-45-18-7-8-25-52(45)69(59)74-72)48-19-17-24-51(42-48)77-64-32-15-10-27-54(64)58-39-38-57-53-26-9-14-31-63(53)76(70(57)71(58)77)50-22-5-2-6-23-50;1-2-15-44(16-3-1)69-56-22-10-7-19-48(56)54-38-42(29-36-59(54)69)43-30-37-60-55(39-43)49-20-8-12-24-58(49)71(60)66-67-62(53-33-28-40-14-4-5-17-46(40)63(53)68-66)41-26-31-45(32-27-41)70-57-23-11-6-18-47(57)51-34-35-52-50-21-9-13-25-61(50)72-65(52)64(51)70/h1-44H;1-39H. The summed E-state index contributed by atoms with van der Waals surface area (Å²) in [7, 11) is 0. The summed E-state index contributed by atoms with van der Waals surface area (Å²) in [6.07, 6.45) is 0. The van der Waals surface area contributed by atoms with Crippen molar-refractivity contribution in [1.82, 2.24) is 51.9 Å². The van der Waals surface area contributed by atoms with Crippen LogP contribution in [0.1, 0.15) is 0 Å². The molecule has 12 nitrogen and oxygen atoms in total. The van der Waals surface area contributed by atoms with Crippen LogP contribution in [0.15, 0.2) is 508 Å². The number of benzene rings is 23. The second kappa shape index (κ2) is 32.6. The number of rotatable bonds is 11. The van der Waals surface area contributed by atoms with E-state index >= 15 is 0 Å². The highest BCUT2D eigenvalue weighted by Crippen LogP contribution is 2.49. The molecule has 150 heavy (non-hydrogen) atoms. The molecule has 0 fully saturated rings. The van der Waals surface area contributed by atoms with Gasteiger partial charge in [0.1, 0.15) is 5.58 Å². The average Bonchev–Trinajstić information content (AvgIpc) is 1.54. The van der Waals surface area contributed by atoms with E-state index in [-0.39, 0.29) is 0 Å². The predicted octanol–water partition coefficient (Wildman–Crippen LogP) is 35.8. The Bertz CT molecular complexity index is 11500. The van der Waals surface area contributed by atoms with Gasteiger partial charge in [0.25, 0.3) is 0 Å². The quantitative estimate of drug-likeness (QED) is 0.120. The molecular formula is C138H83N11O. The third-order valence-electron chi connectivity index (χ3n) is 31.4. The first-order valence-electron chi connectivity index (χ1n) is 51.1. The van der Waals surface area contributed by atoms with E-state index in [0.717, 1.165) is 198 Å². The van der Waals surface area contributed by atoms with Gasteiger partial charge in [-0.25, -0.2) is 19.9 Å². The Morgan fingerprint density at radius 3 is 0.860 bits per heavy atom. The van der Waals surface area contributed by atoms with Crippen molar-refractivity contribution in [2.75, 3.05) is 0 Å². The van der Waals surface area contributed by atoms with Gasteiger partial charge in [-0.1, -0.05) is 328 Å². The minimum atomic E-state index is 0.624. The molecule has 0 unspecified atom stereocenters. The smallest absolute Gasteiger partial charge is 0.235 e. The van der Waals surface area contributed by atoms with Crippen LogP contribution in [-0.2, 0) is 0 Å². The van der Waals surface area contributed by atoms with Gasteiger partial charge in [-0.05, 0) is 209 Å². The first kappa shape index (κ1) is 83.2. The van der Waals surface area contributed by atoms with Gasteiger partial charge in [0.15, 0.2) is 5.58 Å². The van der Waals surface area contributed by atoms with E-state index in [1.165, 1.54) is 92.7 Å². The lowest BCUT2D eigenvalue weighted by Gasteiger charge is -2.15. The number of furan rings is 1. The van der Waals surface area contributed by atoms with E-state index in [0.29, 0.717) is 11.9 Å². The summed E-state index contributed by atoms with van der Waals surface area (Å²) >= 11 is 0. The summed E-state index contributed by atoms with van der Waals surface area (Å²) in [5, 5.41) is 25.4. The Kier molecular flexibility index (Phi) is 18.1. The summed E-state index contributed by atoms with van der Waals surface area (Å²) in [5.74, 6) is 1.25. The molecule has 0 amide bonds. The molecular weight excluding hydrogens is 1830 g/mol. The fourth-order valence-electron chi connectivity index (χ4n) is 24.8. The van der Waals surface area contributed by atoms with Crippen molar-refractivity contribution >= 4 is 218 Å². The van der Waals surface area contributed by atoms with Crippen molar-refractivity contribution < 1.29 is 4.42 Å². The lowest BCUT2D eigenvalue weighted by atomic mass is 10.0. The maximum absolute atomic E-state index is 6.68. The lowest BCUT2D eigenvalue weighted by molar-refractivity contribution is 0.671. The number of aromatic nitrogens is 11. The molecule has 696 valence electrons.